The number of thiophene rings is 1. The normalized spacial score (nSPS) is 23.3. The van der Waals surface area contributed by atoms with Gasteiger partial charge in [-0.15, -0.1) is 11.3 Å². The molecule has 5 rings (SSSR count). The lowest BCUT2D eigenvalue weighted by atomic mass is 9.99. The number of fused-ring (bicyclic) bond motifs is 1. The fourth-order valence-corrected chi connectivity index (χ4v) is 6.42. The Kier molecular flexibility index (Phi) is 7.99. The highest BCUT2D eigenvalue weighted by Gasteiger charge is 2.35. The zero-order chi connectivity index (χ0) is 27.0. The van der Waals surface area contributed by atoms with Gasteiger partial charge in [-0.05, 0) is 37.0 Å². The zero-order valence-electron chi connectivity index (χ0n) is 19.5. The molecule has 38 heavy (non-hydrogen) atoms. The van der Waals surface area contributed by atoms with Gasteiger partial charge in [-0.1, -0.05) is 29.3 Å². The lowest BCUT2D eigenvalue weighted by Gasteiger charge is -2.25. The average molecular weight is 599 g/mol. The van der Waals surface area contributed by atoms with E-state index in [0.717, 1.165) is 23.4 Å². The summed E-state index contributed by atoms with van der Waals surface area (Å²) in [6.07, 6.45) is 2.58. The van der Waals surface area contributed by atoms with Crippen LogP contribution in [0.2, 0.25) is 9.49 Å². The van der Waals surface area contributed by atoms with Crippen molar-refractivity contribution in [2.24, 2.45) is 5.92 Å². The van der Waals surface area contributed by atoms with E-state index in [9.17, 15) is 18.3 Å². The number of ether oxygens (including phenoxy) is 1. The van der Waals surface area contributed by atoms with Gasteiger partial charge in [-0.3, -0.25) is 9.35 Å². The molecular formula is C23H22Cl2N5O6S2. The highest BCUT2D eigenvalue weighted by Crippen LogP contribution is 2.41. The highest BCUT2D eigenvalue weighted by atomic mass is 35.5. The van der Waals surface area contributed by atoms with Crippen molar-refractivity contribution in [3.05, 3.63) is 74.0 Å². The Morgan fingerprint density at radius 1 is 1.26 bits per heavy atom. The molecule has 0 aromatic carbocycles. The fourth-order valence-electron chi connectivity index (χ4n) is 4.65. The monoisotopic (exact) mass is 598 g/mol. The molecule has 0 unspecified atom stereocenters. The average Bonchev–Trinajstić information content (AvgIpc) is 3.43. The molecule has 0 amide bonds. The van der Waals surface area contributed by atoms with Crippen molar-refractivity contribution in [2.75, 3.05) is 11.9 Å². The molecule has 3 aromatic heterocycles. The van der Waals surface area contributed by atoms with Gasteiger partial charge in [0.15, 0.2) is 0 Å². The first-order valence-electron chi connectivity index (χ1n) is 11.5. The number of carbonyl (C=O) groups is 1. The number of halogens is 2. The quantitative estimate of drug-likeness (QED) is 0.172. The van der Waals surface area contributed by atoms with Crippen LogP contribution in [0.4, 0.5) is 5.82 Å². The van der Waals surface area contributed by atoms with Crippen LogP contribution in [0.25, 0.3) is 0 Å². The van der Waals surface area contributed by atoms with Crippen molar-refractivity contribution in [2.45, 2.75) is 37.5 Å². The predicted molar refractivity (Wildman–Crippen MR) is 141 cm³/mol. The summed E-state index contributed by atoms with van der Waals surface area (Å²) in [5.41, 5.74) is 2.50. The summed E-state index contributed by atoms with van der Waals surface area (Å²) in [4.78, 5) is 26.5. The first-order chi connectivity index (χ1) is 18.1. The molecule has 3 aromatic rings. The molecule has 0 bridgehead atoms. The molecule has 0 spiro atoms. The number of carbonyl (C=O) groups excluding carboxylic acids is 1. The van der Waals surface area contributed by atoms with E-state index < -0.39 is 28.4 Å². The predicted octanol–water partition coefficient (Wildman–Crippen LogP) is 3.24. The van der Waals surface area contributed by atoms with Gasteiger partial charge in [0.25, 0.3) is 0 Å². The molecule has 4 atom stereocenters. The lowest BCUT2D eigenvalue weighted by Crippen LogP contribution is -2.27. The molecule has 1 radical (unpaired) electrons. The zero-order valence-corrected chi connectivity index (χ0v) is 22.7. The van der Waals surface area contributed by atoms with Crippen LogP contribution in [-0.2, 0) is 21.5 Å². The van der Waals surface area contributed by atoms with Crippen molar-refractivity contribution in [1.82, 2.24) is 19.7 Å². The Bertz CT molecular complexity index is 1470. The summed E-state index contributed by atoms with van der Waals surface area (Å²) in [6.45, 7) is 1.61. The highest BCUT2D eigenvalue weighted by molar-refractivity contribution is 7.83. The van der Waals surface area contributed by atoms with Crippen molar-refractivity contribution in [3.8, 4) is 0 Å². The van der Waals surface area contributed by atoms with Gasteiger partial charge >= 0.3 is 10.3 Å². The number of aliphatic hydroxyl groups is 1. The number of aliphatic hydroxyl groups excluding tert-OH is 1. The Morgan fingerprint density at radius 3 is 2.87 bits per heavy atom. The molecule has 2 aliphatic rings. The molecule has 1 fully saturated rings. The maximum Gasteiger partial charge on any atom is 0.333 e. The van der Waals surface area contributed by atoms with Gasteiger partial charge in [0.05, 0.1) is 33.2 Å². The topological polar surface area (TPSA) is 164 Å². The minimum Gasteiger partial charge on any atom is -0.393 e. The number of ketones is 1. The minimum atomic E-state index is -4.42. The van der Waals surface area contributed by atoms with Crippen LogP contribution in [0, 0.1) is 12.5 Å². The standard InChI is InChI=1S/C23H22Cl2N5O6S2/c24-18-2-1-11-3-4-36-21(19(11)30-18)14-7-17(37-22(14)25)20(32)15-9-26-10-27-23(15)29-13-5-12(16(31)6-13)8-28-38(33,34)35/h1-2,7-10,12-13,16,21,28,31H,3-6H2,(H,26,27,29)(H,33,34,35)/t12-,13-,16+,21-/m1/s1. The Labute approximate surface area is 232 Å². The van der Waals surface area contributed by atoms with E-state index >= 15 is 0 Å². The van der Waals surface area contributed by atoms with Gasteiger partial charge < -0.3 is 15.2 Å². The molecule has 1 aliphatic carbocycles. The first-order valence-corrected chi connectivity index (χ1v) is 14.5. The van der Waals surface area contributed by atoms with Crippen LogP contribution in [0.5, 0.6) is 0 Å². The fraction of sp³-hybridized carbons (Fsp3) is 0.348. The van der Waals surface area contributed by atoms with Crippen LogP contribution in [-0.4, -0.2) is 57.6 Å². The van der Waals surface area contributed by atoms with E-state index in [-0.39, 0.29) is 29.6 Å². The maximum atomic E-state index is 13.5. The van der Waals surface area contributed by atoms with Crippen molar-refractivity contribution >= 4 is 56.4 Å². The lowest BCUT2D eigenvalue weighted by molar-refractivity contribution is 0.0667. The molecule has 1 aliphatic heterocycles. The number of anilines is 1. The van der Waals surface area contributed by atoms with Crippen molar-refractivity contribution in [3.63, 3.8) is 0 Å². The van der Waals surface area contributed by atoms with Gasteiger partial charge in [-0.25, -0.2) is 15.0 Å². The molecule has 11 nitrogen and oxygen atoms in total. The second-order valence-electron chi connectivity index (χ2n) is 8.94. The van der Waals surface area contributed by atoms with Crippen LogP contribution < -0.4 is 10.0 Å². The van der Waals surface area contributed by atoms with E-state index in [1.54, 1.807) is 12.1 Å². The first kappa shape index (κ1) is 27.3. The van der Waals surface area contributed by atoms with Crippen LogP contribution in [0.1, 0.15) is 51.0 Å². The van der Waals surface area contributed by atoms with E-state index in [4.69, 9.17) is 32.5 Å². The van der Waals surface area contributed by atoms with Crippen LogP contribution in [0.15, 0.2) is 30.7 Å². The Balaban J connectivity index is 1.35. The van der Waals surface area contributed by atoms with Crippen LogP contribution >= 0.6 is 34.5 Å². The molecule has 4 heterocycles. The number of hydrogen-bond donors (Lipinski definition) is 4. The van der Waals surface area contributed by atoms with Gasteiger partial charge in [0.1, 0.15) is 23.4 Å². The molecule has 1 saturated carbocycles. The number of pyridine rings is 1. The Hall–Kier alpha value is -2.23. The number of rotatable bonds is 8. The molecule has 201 valence electrons. The summed E-state index contributed by atoms with van der Waals surface area (Å²) in [7, 11) is -4.42. The summed E-state index contributed by atoms with van der Waals surface area (Å²) in [6, 6.07) is 5.00. The minimum absolute atomic E-state index is 0.209. The number of nitrogens with zero attached hydrogens (tertiary/aromatic N) is 3. The SMILES string of the molecule is O=C(c1cc([C@H]2OCCc3ccc(Cl)nc32)c(Cl)s1)c1cncnc1N[C@H]1C[C@H](O)[C@@H]([CH]NS(=O)(=O)O)C1. The molecule has 0 saturated heterocycles. The summed E-state index contributed by atoms with van der Waals surface area (Å²) in [5.74, 6) is -0.630. The largest absolute Gasteiger partial charge is 0.393 e. The third kappa shape index (κ3) is 6.00. The third-order valence-electron chi connectivity index (χ3n) is 6.41. The van der Waals surface area contributed by atoms with Gasteiger partial charge in [0.2, 0.25) is 5.78 Å². The van der Waals surface area contributed by atoms with E-state index in [0.29, 0.717) is 45.1 Å². The van der Waals surface area contributed by atoms with E-state index in [2.05, 4.69) is 20.3 Å². The number of hydrogen-bond acceptors (Lipinski definition) is 10. The van der Waals surface area contributed by atoms with Gasteiger partial charge in [0, 0.05) is 30.3 Å². The smallest absolute Gasteiger partial charge is 0.333 e. The Morgan fingerprint density at radius 2 is 2.08 bits per heavy atom. The van der Waals surface area contributed by atoms with Crippen molar-refractivity contribution in [1.29, 1.82) is 0 Å². The van der Waals surface area contributed by atoms with Crippen LogP contribution in [0.3, 0.4) is 0 Å². The summed E-state index contributed by atoms with van der Waals surface area (Å²) in [5, 5.41) is 13.8. The van der Waals surface area contributed by atoms with Crippen molar-refractivity contribution < 1.29 is 27.6 Å². The molecule has 4 N–H and O–H groups in total. The van der Waals surface area contributed by atoms with E-state index in [1.807, 2.05) is 10.8 Å². The van der Waals surface area contributed by atoms with E-state index in [1.165, 1.54) is 12.5 Å². The summed E-state index contributed by atoms with van der Waals surface area (Å²) < 4.78 is 39.0. The third-order valence-corrected chi connectivity index (χ3v) is 8.44. The molecular weight excluding hydrogens is 577 g/mol. The number of aromatic nitrogens is 3. The number of nitrogens with one attached hydrogen (secondary N) is 2. The second-order valence-corrected chi connectivity index (χ2v) is 12.2. The maximum absolute atomic E-state index is 13.5. The second kappa shape index (κ2) is 11.1. The van der Waals surface area contributed by atoms with Gasteiger partial charge in [-0.2, -0.15) is 13.1 Å². The molecule has 15 heteroatoms. The summed E-state index contributed by atoms with van der Waals surface area (Å²) >= 11 is 13.8.